The van der Waals surface area contributed by atoms with Crippen molar-refractivity contribution in [2.75, 3.05) is 19.6 Å². The van der Waals surface area contributed by atoms with E-state index in [-0.39, 0.29) is 42.1 Å². The van der Waals surface area contributed by atoms with Gasteiger partial charge in [0.1, 0.15) is 6.04 Å². The third-order valence-electron chi connectivity index (χ3n) is 5.31. The van der Waals surface area contributed by atoms with E-state index in [1.54, 1.807) is 0 Å². The third kappa shape index (κ3) is 5.57. The molecule has 0 radical (unpaired) electrons. The van der Waals surface area contributed by atoms with Gasteiger partial charge in [0, 0.05) is 19.0 Å². The topological polar surface area (TPSA) is 98.7 Å². The van der Waals surface area contributed by atoms with E-state index in [1.807, 2.05) is 18.7 Å². The maximum absolute atomic E-state index is 12.4. The second-order valence-electron chi connectivity index (χ2n) is 6.96. The summed E-state index contributed by atoms with van der Waals surface area (Å²) in [5.74, 6) is -1.38. The van der Waals surface area contributed by atoms with E-state index in [0.717, 1.165) is 19.4 Å². The Bertz CT molecular complexity index is 475. The molecule has 3 N–H and O–H groups in total. The average Bonchev–Trinajstić information content (AvgIpc) is 3.12. The van der Waals surface area contributed by atoms with Crippen LogP contribution in [0.3, 0.4) is 0 Å². The molecule has 0 aromatic heterocycles. The van der Waals surface area contributed by atoms with Crippen LogP contribution in [-0.4, -0.2) is 59.5 Å². The van der Waals surface area contributed by atoms with E-state index >= 15 is 0 Å². The predicted molar refractivity (Wildman–Crippen MR) is 96.6 cm³/mol. The van der Waals surface area contributed by atoms with E-state index in [2.05, 4.69) is 10.6 Å². The summed E-state index contributed by atoms with van der Waals surface area (Å²) in [5.41, 5.74) is 0. The van der Waals surface area contributed by atoms with Crippen LogP contribution in [0, 0.1) is 11.8 Å². The number of hydrogen-bond donors (Lipinski definition) is 3. The summed E-state index contributed by atoms with van der Waals surface area (Å²) < 4.78 is 0. The molecule has 25 heavy (non-hydrogen) atoms. The maximum Gasteiger partial charge on any atom is 0.326 e. The molecule has 2 amide bonds. The SMILES string of the molecule is CCC(C)[C@H](NC(=O)C1CCN(C(=O)[C@@H]2CCCN2)CC1)C(=O)O.Cl. The van der Waals surface area contributed by atoms with Crippen molar-refractivity contribution in [1.29, 1.82) is 0 Å². The lowest BCUT2D eigenvalue weighted by Crippen LogP contribution is -2.51. The van der Waals surface area contributed by atoms with Crippen molar-refractivity contribution in [3.8, 4) is 0 Å². The van der Waals surface area contributed by atoms with Gasteiger partial charge in [-0.2, -0.15) is 0 Å². The molecule has 3 atom stereocenters. The number of piperidine rings is 1. The molecule has 2 heterocycles. The molecule has 0 aromatic rings. The number of rotatable bonds is 6. The van der Waals surface area contributed by atoms with Gasteiger partial charge in [-0.3, -0.25) is 9.59 Å². The standard InChI is InChI=1S/C17H29N3O4.ClH/c1-3-11(2)14(17(23)24)19-15(21)12-6-9-20(10-7-12)16(22)13-5-4-8-18-13;/h11-14,18H,3-10H2,1-2H3,(H,19,21)(H,23,24);1H/t11?,13-,14-;/m0./s1. The number of carbonyl (C=O) groups is 3. The Labute approximate surface area is 155 Å². The van der Waals surface area contributed by atoms with Gasteiger partial charge in [0.15, 0.2) is 0 Å². The van der Waals surface area contributed by atoms with Gasteiger partial charge >= 0.3 is 5.97 Å². The van der Waals surface area contributed by atoms with E-state index in [1.165, 1.54) is 0 Å². The van der Waals surface area contributed by atoms with E-state index in [4.69, 9.17) is 0 Å². The van der Waals surface area contributed by atoms with Crippen molar-refractivity contribution in [2.24, 2.45) is 11.8 Å². The molecule has 0 bridgehead atoms. The minimum absolute atomic E-state index is 0. The lowest BCUT2D eigenvalue weighted by molar-refractivity contribution is -0.144. The number of hydrogen-bond acceptors (Lipinski definition) is 4. The summed E-state index contributed by atoms with van der Waals surface area (Å²) in [6.45, 7) is 5.76. The second-order valence-corrected chi connectivity index (χ2v) is 6.96. The van der Waals surface area contributed by atoms with Gasteiger partial charge in [0.25, 0.3) is 0 Å². The number of amides is 2. The van der Waals surface area contributed by atoms with Crippen LogP contribution in [0.25, 0.3) is 0 Å². The van der Waals surface area contributed by atoms with Gasteiger partial charge in [-0.05, 0) is 38.1 Å². The van der Waals surface area contributed by atoms with Crippen molar-refractivity contribution < 1.29 is 19.5 Å². The number of aliphatic carboxylic acids is 1. The number of carbonyl (C=O) groups excluding carboxylic acids is 2. The summed E-state index contributed by atoms with van der Waals surface area (Å²) in [6, 6.07) is -0.915. The zero-order valence-electron chi connectivity index (χ0n) is 15.0. The minimum Gasteiger partial charge on any atom is -0.480 e. The highest BCUT2D eigenvalue weighted by molar-refractivity contribution is 5.86. The molecule has 2 aliphatic heterocycles. The first-order valence-corrected chi connectivity index (χ1v) is 8.99. The molecule has 2 rings (SSSR count). The van der Waals surface area contributed by atoms with Crippen molar-refractivity contribution in [3.63, 3.8) is 0 Å². The van der Waals surface area contributed by atoms with Crippen LogP contribution in [0.5, 0.6) is 0 Å². The fourth-order valence-electron chi connectivity index (χ4n) is 3.43. The lowest BCUT2D eigenvalue weighted by atomic mass is 9.93. The van der Waals surface area contributed by atoms with Crippen LogP contribution in [0.15, 0.2) is 0 Å². The van der Waals surface area contributed by atoms with Crippen LogP contribution >= 0.6 is 12.4 Å². The normalized spacial score (nSPS) is 23.4. The average molecular weight is 376 g/mol. The van der Waals surface area contributed by atoms with Gasteiger partial charge in [-0.1, -0.05) is 20.3 Å². The first-order chi connectivity index (χ1) is 11.4. The van der Waals surface area contributed by atoms with E-state index in [9.17, 15) is 19.5 Å². The number of nitrogens with one attached hydrogen (secondary N) is 2. The summed E-state index contributed by atoms with van der Waals surface area (Å²) in [7, 11) is 0. The van der Waals surface area contributed by atoms with Crippen LogP contribution < -0.4 is 10.6 Å². The Morgan fingerprint density at radius 2 is 1.88 bits per heavy atom. The quantitative estimate of drug-likeness (QED) is 0.643. The molecule has 7 nitrogen and oxygen atoms in total. The van der Waals surface area contributed by atoms with Crippen LogP contribution in [0.4, 0.5) is 0 Å². The Kier molecular flexibility index (Phi) is 8.65. The lowest BCUT2D eigenvalue weighted by Gasteiger charge is -2.33. The highest BCUT2D eigenvalue weighted by Gasteiger charge is 2.34. The zero-order valence-corrected chi connectivity index (χ0v) is 15.8. The van der Waals surface area contributed by atoms with Gasteiger partial charge < -0.3 is 20.6 Å². The molecule has 0 aromatic carbocycles. The summed E-state index contributed by atoms with van der Waals surface area (Å²) in [4.78, 5) is 37.9. The number of nitrogens with zero attached hydrogens (tertiary/aromatic N) is 1. The maximum atomic E-state index is 12.4. The minimum atomic E-state index is -0.988. The van der Waals surface area contributed by atoms with Crippen molar-refractivity contribution in [1.82, 2.24) is 15.5 Å². The van der Waals surface area contributed by atoms with E-state index < -0.39 is 12.0 Å². The van der Waals surface area contributed by atoms with Gasteiger partial charge in [0.2, 0.25) is 11.8 Å². The largest absolute Gasteiger partial charge is 0.480 e. The Morgan fingerprint density at radius 3 is 2.36 bits per heavy atom. The number of carboxylic acid groups (broad SMARTS) is 1. The molecule has 2 fully saturated rings. The molecule has 2 saturated heterocycles. The zero-order chi connectivity index (χ0) is 17.7. The molecular weight excluding hydrogens is 346 g/mol. The van der Waals surface area contributed by atoms with E-state index in [0.29, 0.717) is 32.4 Å². The first kappa shape index (κ1) is 21.7. The second kappa shape index (κ2) is 9.97. The highest BCUT2D eigenvalue weighted by atomic mass is 35.5. The molecular formula is C17H30ClN3O4. The smallest absolute Gasteiger partial charge is 0.326 e. The molecule has 0 aliphatic carbocycles. The van der Waals surface area contributed by atoms with Crippen molar-refractivity contribution in [3.05, 3.63) is 0 Å². The molecule has 0 saturated carbocycles. The number of carboxylic acids is 1. The molecule has 8 heteroatoms. The third-order valence-corrected chi connectivity index (χ3v) is 5.31. The van der Waals surface area contributed by atoms with Gasteiger partial charge in [-0.25, -0.2) is 4.79 Å². The molecule has 0 spiro atoms. The van der Waals surface area contributed by atoms with Crippen LogP contribution in [0.2, 0.25) is 0 Å². The molecule has 1 unspecified atom stereocenters. The van der Waals surface area contributed by atoms with Crippen molar-refractivity contribution in [2.45, 2.75) is 58.0 Å². The summed E-state index contributed by atoms with van der Waals surface area (Å²) >= 11 is 0. The summed E-state index contributed by atoms with van der Waals surface area (Å²) in [6.07, 6.45) is 3.79. The molecule has 2 aliphatic rings. The predicted octanol–water partition coefficient (Wildman–Crippen LogP) is 1.01. The fraction of sp³-hybridized carbons (Fsp3) is 0.824. The number of halogens is 1. The van der Waals surface area contributed by atoms with Gasteiger partial charge in [-0.15, -0.1) is 12.4 Å². The first-order valence-electron chi connectivity index (χ1n) is 8.99. The highest BCUT2D eigenvalue weighted by Crippen LogP contribution is 2.20. The Hall–Kier alpha value is -1.34. The Balaban J connectivity index is 0.00000312. The van der Waals surface area contributed by atoms with Crippen molar-refractivity contribution >= 4 is 30.2 Å². The van der Waals surface area contributed by atoms with Gasteiger partial charge in [0.05, 0.1) is 6.04 Å². The number of likely N-dealkylation sites (tertiary alicyclic amines) is 1. The van der Waals surface area contributed by atoms with Crippen LogP contribution in [0.1, 0.15) is 46.0 Å². The monoisotopic (exact) mass is 375 g/mol. The fourth-order valence-corrected chi connectivity index (χ4v) is 3.43. The van der Waals surface area contributed by atoms with Crippen LogP contribution in [-0.2, 0) is 14.4 Å². The summed E-state index contributed by atoms with van der Waals surface area (Å²) in [5, 5.41) is 15.2. The molecule has 144 valence electrons. The Morgan fingerprint density at radius 1 is 1.24 bits per heavy atom.